The molecule has 0 fully saturated rings. The van der Waals surface area contributed by atoms with Gasteiger partial charge < -0.3 is 5.32 Å². The number of fused-ring (bicyclic) bond motifs is 1. The van der Waals surface area contributed by atoms with Crippen molar-refractivity contribution in [2.24, 2.45) is 0 Å². The minimum Gasteiger partial charge on any atom is -0.384 e. The van der Waals surface area contributed by atoms with Crippen molar-refractivity contribution in [3.05, 3.63) is 52.5 Å². The summed E-state index contributed by atoms with van der Waals surface area (Å²) in [6.45, 7) is 3.15. The molecule has 0 aliphatic carbocycles. The van der Waals surface area contributed by atoms with Crippen molar-refractivity contribution in [3.8, 4) is 11.1 Å². The van der Waals surface area contributed by atoms with Gasteiger partial charge in [0.1, 0.15) is 0 Å². The molecule has 1 aliphatic heterocycles. The molecule has 0 radical (unpaired) electrons. The van der Waals surface area contributed by atoms with Gasteiger partial charge in [-0.15, -0.1) is 0 Å². The van der Waals surface area contributed by atoms with Crippen LogP contribution in [-0.4, -0.2) is 6.54 Å². The van der Waals surface area contributed by atoms with Crippen LogP contribution in [0.15, 0.2) is 36.4 Å². The first-order valence-corrected chi connectivity index (χ1v) is 6.26. The van der Waals surface area contributed by atoms with Gasteiger partial charge in [0.2, 0.25) is 0 Å². The second-order valence-electron chi connectivity index (χ2n) is 4.48. The smallest absolute Gasteiger partial charge is 0.0453 e. The maximum Gasteiger partial charge on any atom is 0.0453 e. The maximum absolute atomic E-state index is 6.01. The fourth-order valence-electron chi connectivity index (χ4n) is 2.49. The molecule has 1 N–H and O–H groups in total. The minimum atomic E-state index is 0.798. The molecule has 2 heteroatoms. The molecule has 0 saturated heterocycles. The third kappa shape index (κ3) is 1.81. The molecule has 0 saturated carbocycles. The quantitative estimate of drug-likeness (QED) is 0.788. The Kier molecular flexibility index (Phi) is 2.56. The van der Waals surface area contributed by atoms with E-state index in [9.17, 15) is 0 Å². The lowest BCUT2D eigenvalue weighted by atomic mass is 9.97. The Bertz CT molecular complexity index is 575. The average molecular weight is 244 g/mol. The summed E-state index contributed by atoms with van der Waals surface area (Å²) in [6.07, 6.45) is 1.12. The summed E-state index contributed by atoms with van der Waals surface area (Å²) >= 11 is 6.01. The van der Waals surface area contributed by atoms with Gasteiger partial charge in [-0.3, -0.25) is 0 Å². The molecule has 1 heterocycles. The van der Waals surface area contributed by atoms with Gasteiger partial charge in [0.05, 0.1) is 0 Å². The Balaban J connectivity index is 2.19. The lowest BCUT2D eigenvalue weighted by Gasteiger charge is -2.11. The molecule has 0 atom stereocenters. The van der Waals surface area contributed by atoms with Gasteiger partial charge >= 0.3 is 0 Å². The predicted octanol–water partition coefficient (Wildman–Crippen LogP) is 4.28. The van der Waals surface area contributed by atoms with Crippen LogP contribution in [0.25, 0.3) is 11.1 Å². The lowest BCUT2D eigenvalue weighted by molar-refractivity contribution is 1.11. The molecule has 0 unspecified atom stereocenters. The number of para-hydroxylation sites is 1. The van der Waals surface area contributed by atoms with Crippen molar-refractivity contribution >= 4 is 17.3 Å². The summed E-state index contributed by atoms with van der Waals surface area (Å²) in [7, 11) is 0. The monoisotopic (exact) mass is 243 g/mol. The van der Waals surface area contributed by atoms with Gasteiger partial charge in [-0.25, -0.2) is 0 Å². The fraction of sp³-hybridized carbons (Fsp3) is 0.200. The van der Waals surface area contributed by atoms with Crippen LogP contribution in [0.5, 0.6) is 0 Å². The standard InChI is InChI=1S/C15H14ClN/c1-10-9-12(16)5-6-13(10)14-4-2-3-11-7-8-17-15(11)14/h2-6,9,17H,7-8H2,1H3. The zero-order valence-electron chi connectivity index (χ0n) is 9.76. The average Bonchev–Trinajstić information content (AvgIpc) is 2.77. The van der Waals surface area contributed by atoms with Gasteiger partial charge in [-0.2, -0.15) is 0 Å². The van der Waals surface area contributed by atoms with Crippen LogP contribution in [0, 0.1) is 6.92 Å². The number of halogens is 1. The predicted molar refractivity (Wildman–Crippen MR) is 73.8 cm³/mol. The summed E-state index contributed by atoms with van der Waals surface area (Å²) in [6, 6.07) is 12.6. The largest absolute Gasteiger partial charge is 0.384 e. The first-order valence-electron chi connectivity index (χ1n) is 5.88. The highest BCUT2D eigenvalue weighted by Crippen LogP contribution is 2.36. The van der Waals surface area contributed by atoms with Crippen LogP contribution in [0.1, 0.15) is 11.1 Å². The summed E-state index contributed by atoms with van der Waals surface area (Å²) in [5.74, 6) is 0. The summed E-state index contributed by atoms with van der Waals surface area (Å²) in [5.41, 5.74) is 6.48. The number of nitrogens with one attached hydrogen (secondary N) is 1. The number of hydrogen-bond donors (Lipinski definition) is 1. The highest BCUT2D eigenvalue weighted by atomic mass is 35.5. The van der Waals surface area contributed by atoms with Crippen molar-refractivity contribution in [1.29, 1.82) is 0 Å². The summed E-state index contributed by atoms with van der Waals surface area (Å²) in [5, 5.41) is 4.27. The molecule has 3 rings (SSSR count). The highest BCUT2D eigenvalue weighted by Gasteiger charge is 2.15. The molecule has 2 aromatic rings. The van der Waals surface area contributed by atoms with Crippen LogP contribution in [0.2, 0.25) is 5.02 Å². The molecule has 0 spiro atoms. The van der Waals surface area contributed by atoms with Crippen molar-refractivity contribution in [2.45, 2.75) is 13.3 Å². The van der Waals surface area contributed by atoms with Crippen LogP contribution in [-0.2, 0) is 6.42 Å². The number of hydrogen-bond acceptors (Lipinski definition) is 1. The van der Waals surface area contributed by atoms with E-state index in [1.54, 1.807) is 0 Å². The van der Waals surface area contributed by atoms with Crippen molar-refractivity contribution in [1.82, 2.24) is 0 Å². The van der Waals surface area contributed by atoms with Crippen LogP contribution in [0.4, 0.5) is 5.69 Å². The molecule has 2 aromatic carbocycles. The second-order valence-corrected chi connectivity index (χ2v) is 4.91. The number of anilines is 1. The van der Waals surface area contributed by atoms with Crippen LogP contribution >= 0.6 is 11.6 Å². The van der Waals surface area contributed by atoms with Crippen LogP contribution < -0.4 is 5.32 Å². The van der Waals surface area contributed by atoms with E-state index in [4.69, 9.17) is 11.6 Å². The van der Waals surface area contributed by atoms with Gasteiger partial charge in [0.25, 0.3) is 0 Å². The number of aryl methyl sites for hydroxylation is 1. The number of rotatable bonds is 1. The van der Waals surface area contributed by atoms with Crippen molar-refractivity contribution in [3.63, 3.8) is 0 Å². The molecule has 1 aliphatic rings. The lowest BCUT2D eigenvalue weighted by Crippen LogP contribution is -1.94. The molecule has 86 valence electrons. The first kappa shape index (κ1) is 10.7. The molecular weight excluding hydrogens is 230 g/mol. The number of benzene rings is 2. The molecule has 17 heavy (non-hydrogen) atoms. The highest BCUT2D eigenvalue weighted by molar-refractivity contribution is 6.30. The van der Waals surface area contributed by atoms with E-state index in [2.05, 4.69) is 36.5 Å². The maximum atomic E-state index is 6.01. The Morgan fingerprint density at radius 3 is 2.82 bits per heavy atom. The topological polar surface area (TPSA) is 12.0 Å². The van der Waals surface area contributed by atoms with Gasteiger partial charge in [0.15, 0.2) is 0 Å². The molecule has 0 aromatic heterocycles. The van der Waals surface area contributed by atoms with Gasteiger partial charge in [0, 0.05) is 22.8 Å². The molecular formula is C15H14ClN. The van der Waals surface area contributed by atoms with E-state index >= 15 is 0 Å². The van der Waals surface area contributed by atoms with Crippen molar-refractivity contribution in [2.75, 3.05) is 11.9 Å². The third-order valence-corrected chi connectivity index (χ3v) is 3.56. The van der Waals surface area contributed by atoms with E-state index < -0.39 is 0 Å². The summed E-state index contributed by atoms with van der Waals surface area (Å²) < 4.78 is 0. The molecule has 0 bridgehead atoms. The van der Waals surface area contributed by atoms with E-state index in [0.29, 0.717) is 0 Å². The third-order valence-electron chi connectivity index (χ3n) is 3.33. The van der Waals surface area contributed by atoms with E-state index in [0.717, 1.165) is 18.0 Å². The van der Waals surface area contributed by atoms with E-state index in [1.807, 2.05) is 12.1 Å². The van der Waals surface area contributed by atoms with Crippen LogP contribution in [0.3, 0.4) is 0 Å². The summed E-state index contributed by atoms with van der Waals surface area (Å²) in [4.78, 5) is 0. The van der Waals surface area contributed by atoms with E-state index in [1.165, 1.54) is 27.9 Å². The zero-order valence-corrected chi connectivity index (χ0v) is 10.5. The molecule has 0 amide bonds. The van der Waals surface area contributed by atoms with Gasteiger partial charge in [-0.1, -0.05) is 35.9 Å². The SMILES string of the molecule is Cc1cc(Cl)ccc1-c1cccc2c1NCC2. The second kappa shape index (κ2) is 4.08. The zero-order chi connectivity index (χ0) is 11.8. The minimum absolute atomic E-state index is 0.798. The first-order chi connectivity index (χ1) is 8.25. The Morgan fingerprint density at radius 1 is 1.12 bits per heavy atom. The Morgan fingerprint density at radius 2 is 2.00 bits per heavy atom. The fourth-order valence-corrected chi connectivity index (χ4v) is 2.72. The van der Waals surface area contributed by atoms with E-state index in [-0.39, 0.29) is 0 Å². The normalized spacial score (nSPS) is 13.3. The van der Waals surface area contributed by atoms with Gasteiger partial charge in [-0.05, 0) is 42.2 Å². The Labute approximate surface area is 106 Å². The molecule has 1 nitrogen and oxygen atoms in total. The Hall–Kier alpha value is -1.47. The van der Waals surface area contributed by atoms with Crippen molar-refractivity contribution < 1.29 is 0 Å².